The highest BCUT2D eigenvalue weighted by Gasteiger charge is 2.36. The largest absolute Gasteiger partial charge is 0.347 e. The van der Waals surface area contributed by atoms with Crippen molar-refractivity contribution in [3.05, 3.63) is 0 Å². The molecule has 13 heavy (non-hydrogen) atoms. The highest BCUT2D eigenvalue weighted by molar-refractivity contribution is 4.77. The monoisotopic (exact) mass is 187 g/mol. The lowest BCUT2D eigenvalue weighted by atomic mass is 10.0. The molecule has 0 bridgehead atoms. The second-order valence-corrected chi connectivity index (χ2v) is 3.89. The molecule has 1 aliphatic heterocycles. The van der Waals surface area contributed by atoms with Crippen LogP contribution in [0.1, 0.15) is 39.5 Å². The molecule has 3 nitrogen and oxygen atoms in total. The maximum absolute atomic E-state index is 5.77. The van der Waals surface area contributed by atoms with E-state index in [1.54, 1.807) is 0 Å². The average molecular weight is 187 g/mol. The van der Waals surface area contributed by atoms with Gasteiger partial charge in [0, 0.05) is 18.9 Å². The van der Waals surface area contributed by atoms with Crippen molar-refractivity contribution in [1.82, 2.24) is 0 Å². The summed E-state index contributed by atoms with van der Waals surface area (Å²) in [5.74, 6) is -0.357. The summed E-state index contributed by atoms with van der Waals surface area (Å²) in [6.07, 6.45) is 4.11. The number of ether oxygens (including phenoxy) is 2. The van der Waals surface area contributed by atoms with Crippen LogP contribution in [0.15, 0.2) is 0 Å². The van der Waals surface area contributed by atoms with Crippen LogP contribution in [-0.4, -0.2) is 25.0 Å². The van der Waals surface area contributed by atoms with Crippen LogP contribution in [0.2, 0.25) is 0 Å². The zero-order valence-corrected chi connectivity index (χ0v) is 8.71. The first kappa shape index (κ1) is 11.0. The summed E-state index contributed by atoms with van der Waals surface area (Å²) < 4.78 is 11.3. The van der Waals surface area contributed by atoms with E-state index in [0.29, 0.717) is 0 Å². The Kier molecular flexibility index (Phi) is 4.16. The van der Waals surface area contributed by atoms with E-state index in [4.69, 9.17) is 15.2 Å². The third-order valence-corrected chi connectivity index (χ3v) is 2.36. The molecule has 1 heterocycles. The second-order valence-electron chi connectivity index (χ2n) is 3.89. The number of hydrogen-bond donors (Lipinski definition) is 1. The Hall–Kier alpha value is -0.120. The van der Waals surface area contributed by atoms with Gasteiger partial charge < -0.3 is 15.2 Å². The van der Waals surface area contributed by atoms with E-state index in [0.717, 1.165) is 32.5 Å². The minimum absolute atomic E-state index is 0.148. The molecular formula is C10H21NO2. The Morgan fingerprint density at radius 1 is 1.38 bits per heavy atom. The van der Waals surface area contributed by atoms with E-state index in [2.05, 4.69) is 6.92 Å². The van der Waals surface area contributed by atoms with Crippen LogP contribution in [0.3, 0.4) is 0 Å². The minimum Gasteiger partial charge on any atom is -0.347 e. The molecule has 0 aromatic carbocycles. The highest BCUT2D eigenvalue weighted by atomic mass is 16.7. The van der Waals surface area contributed by atoms with Crippen molar-refractivity contribution in [3.8, 4) is 0 Å². The molecule has 0 saturated carbocycles. The number of unbranched alkanes of at least 4 members (excludes halogenated alkanes) is 1. The Morgan fingerprint density at radius 3 is 2.46 bits per heavy atom. The van der Waals surface area contributed by atoms with Gasteiger partial charge in [-0.1, -0.05) is 13.3 Å². The van der Waals surface area contributed by atoms with E-state index in [1.807, 2.05) is 6.92 Å². The fraction of sp³-hybridized carbons (Fsp3) is 1.00. The molecule has 78 valence electrons. The molecule has 0 radical (unpaired) electrons. The first-order valence-electron chi connectivity index (χ1n) is 5.22. The van der Waals surface area contributed by atoms with Gasteiger partial charge in [-0.05, 0) is 13.3 Å². The van der Waals surface area contributed by atoms with Gasteiger partial charge in [0.2, 0.25) is 0 Å². The molecule has 1 fully saturated rings. The van der Waals surface area contributed by atoms with Crippen molar-refractivity contribution >= 4 is 0 Å². The molecule has 3 heteroatoms. The summed E-state index contributed by atoms with van der Waals surface area (Å²) in [4.78, 5) is 0. The van der Waals surface area contributed by atoms with Gasteiger partial charge in [0.15, 0.2) is 5.79 Å². The Labute approximate surface area is 80.6 Å². The molecule has 2 N–H and O–H groups in total. The highest BCUT2D eigenvalue weighted by Crippen LogP contribution is 2.29. The van der Waals surface area contributed by atoms with Crippen LogP contribution in [0.25, 0.3) is 0 Å². The first-order valence-corrected chi connectivity index (χ1v) is 5.22. The van der Waals surface area contributed by atoms with Gasteiger partial charge in [0.25, 0.3) is 0 Å². The summed E-state index contributed by atoms with van der Waals surface area (Å²) in [6.45, 7) is 5.61. The van der Waals surface area contributed by atoms with Crippen molar-refractivity contribution in [2.45, 2.75) is 51.4 Å². The van der Waals surface area contributed by atoms with Crippen LogP contribution in [0.5, 0.6) is 0 Å². The molecule has 0 aliphatic carbocycles. The van der Waals surface area contributed by atoms with E-state index in [1.165, 1.54) is 6.42 Å². The summed E-state index contributed by atoms with van der Waals surface area (Å²) in [7, 11) is 0. The zero-order chi connectivity index (χ0) is 9.73. The van der Waals surface area contributed by atoms with Crippen LogP contribution in [0, 0.1) is 0 Å². The van der Waals surface area contributed by atoms with Gasteiger partial charge in [-0.3, -0.25) is 0 Å². The van der Waals surface area contributed by atoms with Crippen molar-refractivity contribution in [3.63, 3.8) is 0 Å². The number of hydrogen-bond acceptors (Lipinski definition) is 3. The summed E-state index contributed by atoms with van der Waals surface area (Å²) in [5.41, 5.74) is 5.77. The molecule has 1 rings (SSSR count). The molecule has 0 amide bonds. The Balaban J connectivity index is 2.42. The third kappa shape index (κ3) is 3.25. The quantitative estimate of drug-likeness (QED) is 0.712. The fourth-order valence-electron chi connectivity index (χ4n) is 1.80. The van der Waals surface area contributed by atoms with Crippen LogP contribution >= 0.6 is 0 Å². The zero-order valence-electron chi connectivity index (χ0n) is 8.71. The topological polar surface area (TPSA) is 44.5 Å². The molecule has 1 atom stereocenters. The normalized spacial score (nSPS) is 23.3. The van der Waals surface area contributed by atoms with Gasteiger partial charge >= 0.3 is 0 Å². The standard InChI is InChI=1S/C10H21NO2/c1-3-4-5-10(8-9(2)11)12-6-7-13-10/h9H,3-8,11H2,1-2H3/t9-/m1/s1. The summed E-state index contributed by atoms with van der Waals surface area (Å²) in [5, 5.41) is 0. The lowest BCUT2D eigenvalue weighted by molar-refractivity contribution is -0.169. The lowest BCUT2D eigenvalue weighted by Crippen LogP contribution is -2.36. The molecule has 1 aliphatic rings. The van der Waals surface area contributed by atoms with E-state index < -0.39 is 0 Å². The molecule has 0 aromatic rings. The van der Waals surface area contributed by atoms with Crippen LogP contribution < -0.4 is 5.73 Å². The van der Waals surface area contributed by atoms with Crippen molar-refractivity contribution in [2.75, 3.05) is 13.2 Å². The van der Waals surface area contributed by atoms with E-state index >= 15 is 0 Å². The average Bonchev–Trinajstić information content (AvgIpc) is 2.49. The maximum Gasteiger partial charge on any atom is 0.169 e. The third-order valence-electron chi connectivity index (χ3n) is 2.36. The van der Waals surface area contributed by atoms with Gasteiger partial charge in [-0.2, -0.15) is 0 Å². The molecule has 1 saturated heterocycles. The smallest absolute Gasteiger partial charge is 0.169 e. The fourth-order valence-corrected chi connectivity index (χ4v) is 1.80. The maximum atomic E-state index is 5.77. The van der Waals surface area contributed by atoms with E-state index in [-0.39, 0.29) is 11.8 Å². The van der Waals surface area contributed by atoms with Crippen LogP contribution in [-0.2, 0) is 9.47 Å². The SMILES string of the molecule is CCCCC1(C[C@@H](C)N)OCCO1. The first-order chi connectivity index (χ1) is 6.18. The van der Waals surface area contributed by atoms with Crippen molar-refractivity contribution < 1.29 is 9.47 Å². The second kappa shape index (κ2) is 4.94. The predicted octanol–water partition coefficient (Wildman–Crippen LogP) is 1.66. The minimum atomic E-state index is -0.357. The summed E-state index contributed by atoms with van der Waals surface area (Å²) >= 11 is 0. The van der Waals surface area contributed by atoms with Gasteiger partial charge in [0.1, 0.15) is 0 Å². The number of rotatable bonds is 5. The number of nitrogens with two attached hydrogens (primary N) is 1. The van der Waals surface area contributed by atoms with Gasteiger partial charge in [-0.15, -0.1) is 0 Å². The Morgan fingerprint density at radius 2 is 2.00 bits per heavy atom. The Bertz CT molecular complexity index is 142. The summed E-state index contributed by atoms with van der Waals surface area (Å²) in [6, 6.07) is 0.148. The van der Waals surface area contributed by atoms with Crippen molar-refractivity contribution in [1.29, 1.82) is 0 Å². The van der Waals surface area contributed by atoms with Crippen LogP contribution in [0.4, 0.5) is 0 Å². The molecule has 0 unspecified atom stereocenters. The van der Waals surface area contributed by atoms with Gasteiger partial charge in [-0.25, -0.2) is 0 Å². The molecule has 0 spiro atoms. The van der Waals surface area contributed by atoms with Crippen molar-refractivity contribution in [2.24, 2.45) is 5.73 Å². The molecule has 0 aromatic heterocycles. The lowest BCUT2D eigenvalue weighted by Gasteiger charge is -2.28. The van der Waals surface area contributed by atoms with E-state index in [9.17, 15) is 0 Å². The molecular weight excluding hydrogens is 166 g/mol. The predicted molar refractivity (Wildman–Crippen MR) is 52.4 cm³/mol. The van der Waals surface area contributed by atoms with Gasteiger partial charge in [0.05, 0.1) is 13.2 Å².